The van der Waals surface area contributed by atoms with Crippen molar-refractivity contribution in [3.8, 4) is 0 Å². The van der Waals surface area contributed by atoms with Crippen LogP contribution >= 0.6 is 0 Å². The molecule has 2 atom stereocenters. The molecule has 102 valence electrons. The summed E-state index contributed by atoms with van der Waals surface area (Å²) >= 11 is 0. The number of likely N-dealkylation sites (tertiary alicyclic amines) is 1. The van der Waals surface area contributed by atoms with E-state index >= 15 is 0 Å². The van der Waals surface area contributed by atoms with Crippen LogP contribution in [0.5, 0.6) is 0 Å². The minimum atomic E-state index is -0.772. The maximum atomic E-state index is 12.0. The molecule has 1 N–H and O–H groups in total. The molecule has 0 aromatic heterocycles. The van der Waals surface area contributed by atoms with Crippen molar-refractivity contribution in [2.24, 2.45) is 11.3 Å². The lowest BCUT2D eigenvalue weighted by molar-refractivity contribution is -0.142. The molecule has 0 aromatic rings. The summed E-state index contributed by atoms with van der Waals surface area (Å²) in [7, 11) is 0. The number of nitrogens with zero attached hydrogens (tertiary/aromatic N) is 1. The Morgan fingerprint density at radius 2 is 2.11 bits per heavy atom. The molecule has 1 heterocycles. The van der Waals surface area contributed by atoms with Gasteiger partial charge in [0.05, 0.1) is 6.42 Å². The Morgan fingerprint density at radius 3 is 2.56 bits per heavy atom. The largest absolute Gasteiger partial charge is 0.481 e. The third kappa shape index (κ3) is 2.44. The summed E-state index contributed by atoms with van der Waals surface area (Å²) in [6, 6.07) is 0. The van der Waals surface area contributed by atoms with Crippen LogP contribution in [0.1, 0.15) is 40.0 Å². The summed E-state index contributed by atoms with van der Waals surface area (Å²) in [5.74, 6) is -0.438. The Morgan fingerprint density at radius 1 is 1.44 bits per heavy atom. The van der Waals surface area contributed by atoms with Crippen molar-refractivity contribution >= 4 is 12.1 Å². The van der Waals surface area contributed by atoms with Crippen LogP contribution in [0.25, 0.3) is 0 Å². The SMILES string of the molecule is CC(C)(C)OC(=O)N1CC2CCC2(CC(=O)O)C1. The average Bonchev–Trinajstić information content (AvgIpc) is 2.39. The first-order valence-corrected chi connectivity index (χ1v) is 6.42. The van der Waals surface area contributed by atoms with Crippen LogP contribution in [0.2, 0.25) is 0 Å². The Kier molecular flexibility index (Phi) is 3.03. The summed E-state index contributed by atoms with van der Waals surface area (Å²) < 4.78 is 5.34. The van der Waals surface area contributed by atoms with Crippen LogP contribution in [0.4, 0.5) is 4.79 Å². The van der Waals surface area contributed by atoms with E-state index in [1.54, 1.807) is 4.90 Å². The second-order valence-corrected chi connectivity index (χ2v) is 6.53. The molecule has 0 bridgehead atoms. The fourth-order valence-corrected chi connectivity index (χ4v) is 3.02. The lowest BCUT2D eigenvalue weighted by Gasteiger charge is -2.42. The van der Waals surface area contributed by atoms with E-state index in [9.17, 15) is 9.59 Å². The van der Waals surface area contributed by atoms with Gasteiger partial charge in [0.2, 0.25) is 0 Å². The second-order valence-electron chi connectivity index (χ2n) is 6.53. The Balaban J connectivity index is 1.99. The number of hydrogen-bond donors (Lipinski definition) is 1. The number of carboxylic acid groups (broad SMARTS) is 1. The van der Waals surface area contributed by atoms with Crippen LogP contribution in [-0.2, 0) is 9.53 Å². The first-order chi connectivity index (χ1) is 8.22. The lowest BCUT2D eigenvalue weighted by atomic mass is 9.60. The molecule has 2 unspecified atom stereocenters. The first-order valence-electron chi connectivity index (χ1n) is 6.42. The van der Waals surface area contributed by atoms with Gasteiger partial charge in [-0.15, -0.1) is 0 Å². The summed E-state index contributed by atoms with van der Waals surface area (Å²) in [6.07, 6.45) is 1.77. The molecule has 5 heteroatoms. The predicted octanol–water partition coefficient (Wildman–Crippen LogP) is 2.11. The fourth-order valence-electron chi connectivity index (χ4n) is 3.02. The van der Waals surface area contributed by atoms with Gasteiger partial charge in [-0.05, 0) is 39.5 Å². The number of ether oxygens (including phenoxy) is 1. The molecule has 5 nitrogen and oxygen atoms in total. The molecule has 1 aliphatic carbocycles. The maximum absolute atomic E-state index is 12.0. The molecule has 2 aliphatic rings. The Hall–Kier alpha value is -1.26. The van der Waals surface area contributed by atoms with Gasteiger partial charge in [0.25, 0.3) is 0 Å². The second kappa shape index (κ2) is 4.14. The van der Waals surface area contributed by atoms with Crippen molar-refractivity contribution < 1.29 is 19.4 Å². The normalized spacial score (nSPS) is 30.6. The molecule has 18 heavy (non-hydrogen) atoms. The summed E-state index contributed by atoms with van der Waals surface area (Å²) in [5.41, 5.74) is -0.693. The van der Waals surface area contributed by atoms with Crippen LogP contribution in [0.3, 0.4) is 0 Å². The number of amides is 1. The van der Waals surface area contributed by atoms with Crippen molar-refractivity contribution in [1.29, 1.82) is 0 Å². The molecular weight excluding hydrogens is 234 g/mol. The van der Waals surface area contributed by atoms with Crippen molar-refractivity contribution in [1.82, 2.24) is 4.90 Å². The molecule has 1 saturated heterocycles. The fraction of sp³-hybridized carbons (Fsp3) is 0.846. The van der Waals surface area contributed by atoms with Gasteiger partial charge < -0.3 is 14.7 Å². The van der Waals surface area contributed by atoms with Gasteiger partial charge >= 0.3 is 12.1 Å². The molecule has 2 rings (SSSR count). The highest BCUT2D eigenvalue weighted by atomic mass is 16.6. The minimum Gasteiger partial charge on any atom is -0.481 e. The van der Waals surface area contributed by atoms with E-state index < -0.39 is 11.6 Å². The zero-order valence-electron chi connectivity index (χ0n) is 11.2. The highest BCUT2D eigenvalue weighted by Crippen LogP contribution is 2.54. The Labute approximate surface area is 107 Å². The molecule has 2 fully saturated rings. The van der Waals surface area contributed by atoms with E-state index in [0.29, 0.717) is 19.0 Å². The smallest absolute Gasteiger partial charge is 0.410 e. The molecular formula is C13H21NO4. The Bertz CT molecular complexity index is 374. The van der Waals surface area contributed by atoms with Gasteiger partial charge in [0, 0.05) is 18.5 Å². The highest BCUT2D eigenvalue weighted by Gasteiger charge is 2.55. The van der Waals surface area contributed by atoms with Crippen LogP contribution in [0, 0.1) is 11.3 Å². The standard InChI is InChI=1S/C13H21NO4/c1-12(2,3)18-11(17)14-7-9-4-5-13(9,8-14)6-10(15)16/h9H,4-8H2,1-3H3,(H,15,16). The number of rotatable bonds is 2. The molecule has 1 amide bonds. The van der Waals surface area contributed by atoms with Crippen LogP contribution < -0.4 is 0 Å². The molecule has 0 spiro atoms. The van der Waals surface area contributed by atoms with Gasteiger partial charge in [0.1, 0.15) is 5.60 Å². The van der Waals surface area contributed by atoms with Crippen molar-refractivity contribution in [2.75, 3.05) is 13.1 Å². The first kappa shape index (κ1) is 13.2. The maximum Gasteiger partial charge on any atom is 0.410 e. The third-order valence-corrected chi connectivity index (χ3v) is 3.96. The van der Waals surface area contributed by atoms with Gasteiger partial charge in [0.15, 0.2) is 0 Å². The number of carboxylic acids is 1. The van der Waals surface area contributed by atoms with Crippen molar-refractivity contribution in [3.63, 3.8) is 0 Å². The molecule has 0 aromatic carbocycles. The topological polar surface area (TPSA) is 66.8 Å². The quantitative estimate of drug-likeness (QED) is 0.820. The van der Waals surface area contributed by atoms with E-state index in [-0.39, 0.29) is 17.9 Å². The number of carbonyl (C=O) groups is 2. The van der Waals surface area contributed by atoms with Gasteiger partial charge in [-0.25, -0.2) is 4.79 Å². The highest BCUT2D eigenvalue weighted by molar-refractivity contribution is 5.71. The molecule has 1 aliphatic heterocycles. The number of hydrogen-bond acceptors (Lipinski definition) is 3. The van der Waals surface area contributed by atoms with Gasteiger partial charge in [-0.2, -0.15) is 0 Å². The third-order valence-electron chi connectivity index (χ3n) is 3.96. The minimum absolute atomic E-state index is 0.164. The summed E-state index contributed by atoms with van der Waals surface area (Å²) in [6.45, 7) is 6.68. The number of carbonyl (C=O) groups excluding carboxylic acids is 1. The van der Waals surface area contributed by atoms with E-state index in [0.717, 1.165) is 12.8 Å². The zero-order chi connectivity index (χ0) is 13.6. The predicted molar refractivity (Wildman–Crippen MR) is 65.2 cm³/mol. The summed E-state index contributed by atoms with van der Waals surface area (Å²) in [5, 5.41) is 8.97. The molecule has 1 saturated carbocycles. The van der Waals surface area contributed by atoms with Crippen molar-refractivity contribution in [2.45, 2.75) is 45.6 Å². The monoisotopic (exact) mass is 255 g/mol. The average molecular weight is 255 g/mol. The number of aliphatic carboxylic acids is 1. The van der Waals surface area contributed by atoms with E-state index in [4.69, 9.17) is 9.84 Å². The van der Waals surface area contributed by atoms with Crippen molar-refractivity contribution in [3.05, 3.63) is 0 Å². The molecule has 0 radical (unpaired) electrons. The van der Waals surface area contributed by atoms with Crippen LogP contribution in [0.15, 0.2) is 0 Å². The van der Waals surface area contributed by atoms with E-state index in [1.165, 1.54) is 0 Å². The number of fused-ring (bicyclic) bond motifs is 1. The van der Waals surface area contributed by atoms with E-state index in [1.807, 2.05) is 20.8 Å². The zero-order valence-corrected chi connectivity index (χ0v) is 11.2. The lowest BCUT2D eigenvalue weighted by Crippen LogP contribution is -2.41. The van der Waals surface area contributed by atoms with Crippen LogP contribution in [-0.4, -0.2) is 40.8 Å². The van der Waals surface area contributed by atoms with Gasteiger partial charge in [-0.3, -0.25) is 4.79 Å². The van der Waals surface area contributed by atoms with E-state index in [2.05, 4.69) is 0 Å². The summed E-state index contributed by atoms with van der Waals surface area (Å²) in [4.78, 5) is 24.5. The van der Waals surface area contributed by atoms with Gasteiger partial charge in [-0.1, -0.05) is 0 Å².